The third-order valence-electron chi connectivity index (χ3n) is 6.68. The van der Waals surface area contributed by atoms with Gasteiger partial charge in [0.25, 0.3) is 0 Å². The summed E-state index contributed by atoms with van der Waals surface area (Å²) >= 11 is 2.99. The van der Waals surface area contributed by atoms with Crippen molar-refractivity contribution < 1.29 is 9.53 Å². The number of hydrogen-bond acceptors (Lipinski definition) is 8. The number of pyridine rings is 1. The van der Waals surface area contributed by atoms with Crippen molar-refractivity contribution in [1.82, 2.24) is 24.6 Å². The number of aryl methyl sites for hydroxylation is 1. The Morgan fingerprint density at radius 3 is 2.86 bits per heavy atom. The number of thioether (sulfide) groups is 1. The van der Waals surface area contributed by atoms with Crippen molar-refractivity contribution in [2.24, 2.45) is 5.92 Å². The summed E-state index contributed by atoms with van der Waals surface area (Å²) in [6, 6.07) is 7.30. The topological polar surface area (TPSA) is 94.3 Å². The average Bonchev–Trinajstić information content (AvgIpc) is 3.48. The Morgan fingerprint density at radius 1 is 1.22 bits per heavy atom. The summed E-state index contributed by atoms with van der Waals surface area (Å²) in [4.78, 5) is 23.6. The van der Waals surface area contributed by atoms with Gasteiger partial charge in [0.05, 0.1) is 18.4 Å². The molecule has 6 rings (SSSR count). The van der Waals surface area contributed by atoms with Crippen molar-refractivity contribution in [3.05, 3.63) is 47.4 Å². The summed E-state index contributed by atoms with van der Waals surface area (Å²) in [5.41, 5.74) is 6.54. The van der Waals surface area contributed by atoms with Crippen molar-refractivity contribution in [2.75, 3.05) is 18.2 Å². The van der Waals surface area contributed by atoms with Crippen LogP contribution in [0.15, 0.2) is 35.7 Å². The monoisotopic (exact) mass is 532 g/mol. The molecule has 1 aromatic carbocycles. The van der Waals surface area contributed by atoms with Crippen molar-refractivity contribution in [3.63, 3.8) is 0 Å². The van der Waals surface area contributed by atoms with Crippen LogP contribution in [0.5, 0.6) is 5.75 Å². The standard InChI is InChI=1S/C27H28N6O2S2/c1-15(2)11-20-18-9-4-5-10-19(18)22-23-24(37-26(22)30-20)25-31-32-27(33(25)14-28-23)36-13-21(34)29-16-7-6-8-17(12-16)35-3/h6-8,12,14-15H,4-5,9-11,13H2,1-3H3,(H,29,34). The second-order valence-electron chi connectivity index (χ2n) is 9.77. The Morgan fingerprint density at radius 2 is 2.05 bits per heavy atom. The van der Waals surface area contributed by atoms with Gasteiger partial charge in [-0.15, -0.1) is 21.5 Å². The number of ether oxygens (including phenoxy) is 1. The Balaban J connectivity index is 1.32. The summed E-state index contributed by atoms with van der Waals surface area (Å²) in [6.45, 7) is 4.51. The SMILES string of the molecule is COc1cccc(NC(=O)CSc2nnc3c4sc5nc(CC(C)C)c6c(c5c4ncn23)CCCC6)c1. The average molecular weight is 533 g/mol. The van der Waals surface area contributed by atoms with Crippen molar-refractivity contribution in [2.45, 2.75) is 51.1 Å². The van der Waals surface area contributed by atoms with Crippen LogP contribution in [0.4, 0.5) is 5.69 Å². The van der Waals surface area contributed by atoms with E-state index in [2.05, 4.69) is 29.4 Å². The highest BCUT2D eigenvalue weighted by Gasteiger charge is 2.24. The molecule has 0 atom stereocenters. The van der Waals surface area contributed by atoms with Crippen molar-refractivity contribution in [3.8, 4) is 5.75 Å². The molecule has 0 spiro atoms. The third kappa shape index (κ3) is 4.53. The van der Waals surface area contributed by atoms with Gasteiger partial charge < -0.3 is 10.1 Å². The molecule has 5 aromatic rings. The number of benzene rings is 1. The van der Waals surface area contributed by atoms with E-state index in [0.29, 0.717) is 22.5 Å². The smallest absolute Gasteiger partial charge is 0.234 e. The second kappa shape index (κ2) is 9.90. The first-order valence-corrected chi connectivity index (χ1v) is 14.3. The number of fused-ring (bicyclic) bond motifs is 7. The molecule has 4 heterocycles. The molecule has 0 unspecified atom stereocenters. The number of thiophene rings is 1. The lowest BCUT2D eigenvalue weighted by Crippen LogP contribution is -2.14. The van der Waals surface area contributed by atoms with Gasteiger partial charge in [-0.3, -0.25) is 9.20 Å². The third-order valence-corrected chi connectivity index (χ3v) is 8.69. The van der Waals surface area contributed by atoms with E-state index in [0.717, 1.165) is 40.0 Å². The van der Waals surface area contributed by atoms with Gasteiger partial charge in [-0.05, 0) is 61.3 Å². The minimum Gasteiger partial charge on any atom is -0.497 e. The van der Waals surface area contributed by atoms with E-state index in [4.69, 9.17) is 14.7 Å². The van der Waals surface area contributed by atoms with Gasteiger partial charge in [0.2, 0.25) is 5.91 Å². The van der Waals surface area contributed by atoms with Crippen LogP contribution < -0.4 is 10.1 Å². The lowest BCUT2D eigenvalue weighted by atomic mass is 9.87. The summed E-state index contributed by atoms with van der Waals surface area (Å²) in [5.74, 6) is 1.34. The fourth-order valence-electron chi connectivity index (χ4n) is 5.06. The number of carbonyl (C=O) groups is 1. The quantitative estimate of drug-likeness (QED) is 0.269. The lowest BCUT2D eigenvalue weighted by Gasteiger charge is -2.20. The van der Waals surface area contributed by atoms with Crippen molar-refractivity contribution >= 4 is 60.8 Å². The van der Waals surface area contributed by atoms with Crippen molar-refractivity contribution in [1.29, 1.82) is 0 Å². The highest BCUT2D eigenvalue weighted by molar-refractivity contribution is 7.99. The summed E-state index contributed by atoms with van der Waals surface area (Å²) in [6.07, 6.45) is 7.39. The van der Waals surface area contributed by atoms with Gasteiger partial charge in [0.1, 0.15) is 21.6 Å². The maximum Gasteiger partial charge on any atom is 0.234 e. The number of amides is 1. The minimum absolute atomic E-state index is 0.126. The summed E-state index contributed by atoms with van der Waals surface area (Å²) < 4.78 is 8.10. The maximum absolute atomic E-state index is 12.6. The van der Waals surface area contributed by atoms with Crippen LogP contribution >= 0.6 is 23.1 Å². The molecule has 0 bridgehead atoms. The van der Waals surface area contributed by atoms with E-state index in [9.17, 15) is 4.79 Å². The Hall–Kier alpha value is -3.24. The zero-order valence-corrected chi connectivity index (χ0v) is 22.7. The lowest BCUT2D eigenvalue weighted by molar-refractivity contribution is -0.113. The van der Waals surface area contributed by atoms with Gasteiger partial charge >= 0.3 is 0 Å². The molecule has 0 saturated carbocycles. The number of methoxy groups -OCH3 is 1. The van der Waals surface area contributed by atoms with E-state index in [1.807, 2.05) is 22.6 Å². The van der Waals surface area contributed by atoms with E-state index < -0.39 is 0 Å². The predicted molar refractivity (Wildman–Crippen MR) is 149 cm³/mol. The first-order valence-electron chi connectivity index (χ1n) is 12.5. The molecule has 1 aliphatic carbocycles. The fourth-order valence-corrected chi connectivity index (χ4v) is 6.92. The number of nitrogens with zero attached hydrogens (tertiary/aromatic N) is 5. The largest absolute Gasteiger partial charge is 0.497 e. The first kappa shape index (κ1) is 24.1. The van der Waals surface area contributed by atoms with Crippen LogP contribution in [0.2, 0.25) is 0 Å². The molecule has 0 radical (unpaired) electrons. The van der Waals surface area contributed by atoms with E-state index in [-0.39, 0.29) is 11.7 Å². The van der Waals surface area contributed by atoms with Crippen LogP contribution in [-0.4, -0.2) is 43.3 Å². The molecule has 0 fully saturated rings. The van der Waals surface area contributed by atoms with E-state index in [1.165, 1.54) is 46.8 Å². The predicted octanol–water partition coefficient (Wildman–Crippen LogP) is 5.70. The summed E-state index contributed by atoms with van der Waals surface area (Å²) in [5, 5.41) is 13.6. The normalized spacial score (nSPS) is 13.5. The van der Waals surface area contributed by atoms with Gasteiger partial charge in [-0.25, -0.2) is 9.97 Å². The highest BCUT2D eigenvalue weighted by Crippen LogP contribution is 2.40. The number of rotatable bonds is 7. The number of hydrogen-bond donors (Lipinski definition) is 1. The molecular weight excluding hydrogens is 504 g/mol. The van der Waals surface area contributed by atoms with Crippen LogP contribution in [0.3, 0.4) is 0 Å². The number of anilines is 1. The molecule has 0 aliphatic heterocycles. The molecule has 37 heavy (non-hydrogen) atoms. The molecule has 1 amide bonds. The van der Waals surface area contributed by atoms with Gasteiger partial charge in [0, 0.05) is 22.8 Å². The Bertz CT molecular complexity index is 1640. The maximum atomic E-state index is 12.6. The number of nitrogens with one attached hydrogen (secondary N) is 1. The van der Waals surface area contributed by atoms with Crippen LogP contribution in [0.1, 0.15) is 43.5 Å². The summed E-state index contributed by atoms with van der Waals surface area (Å²) in [7, 11) is 1.60. The second-order valence-corrected chi connectivity index (χ2v) is 11.7. The first-order chi connectivity index (χ1) is 18.0. The van der Waals surface area contributed by atoms with Gasteiger partial charge in [-0.2, -0.15) is 0 Å². The van der Waals surface area contributed by atoms with Gasteiger partial charge in [0.15, 0.2) is 10.8 Å². The molecule has 10 heteroatoms. The van der Waals surface area contributed by atoms with Crippen LogP contribution in [0.25, 0.3) is 26.1 Å². The Labute approximate surface area is 222 Å². The van der Waals surface area contributed by atoms with Crippen LogP contribution in [-0.2, 0) is 24.1 Å². The molecule has 1 aliphatic rings. The minimum atomic E-state index is -0.126. The number of carbonyl (C=O) groups excluding carboxylic acids is 1. The number of aromatic nitrogens is 5. The highest BCUT2D eigenvalue weighted by atomic mass is 32.2. The molecule has 190 valence electrons. The van der Waals surface area contributed by atoms with E-state index in [1.54, 1.807) is 30.8 Å². The molecule has 0 saturated heterocycles. The molecule has 1 N–H and O–H groups in total. The van der Waals surface area contributed by atoms with E-state index >= 15 is 0 Å². The molecular formula is C27H28N6O2S2. The molecule has 4 aromatic heterocycles. The van der Waals surface area contributed by atoms with Crippen LogP contribution in [0, 0.1) is 5.92 Å². The zero-order valence-electron chi connectivity index (χ0n) is 21.1. The fraction of sp³-hybridized carbons (Fsp3) is 0.370. The van der Waals surface area contributed by atoms with Gasteiger partial charge in [-0.1, -0.05) is 31.7 Å². The molecule has 8 nitrogen and oxygen atoms in total. The zero-order chi connectivity index (χ0) is 25.5. The Kier molecular flexibility index (Phi) is 6.46.